The number of aromatic nitrogens is 7. The van der Waals surface area contributed by atoms with Crippen LogP contribution in [0.2, 0.25) is 0 Å². The molecule has 0 bridgehead atoms. The molecule has 4 heterocycles. The van der Waals surface area contributed by atoms with E-state index in [1.807, 2.05) is 36.4 Å². The summed E-state index contributed by atoms with van der Waals surface area (Å²) in [5, 5.41) is 12.9. The zero-order valence-electron chi connectivity index (χ0n) is 32.3. The maximum absolute atomic E-state index is 5.49. The Morgan fingerprint density at radius 1 is 0.283 bits per heavy atom. The first kappa shape index (κ1) is 33.8. The molecule has 0 aliphatic heterocycles. The van der Waals surface area contributed by atoms with Crippen molar-refractivity contribution in [1.82, 2.24) is 33.4 Å². The number of fused-ring (bicyclic) bond motifs is 6. The summed E-state index contributed by atoms with van der Waals surface area (Å²) in [6, 6.07) is 74.4. The van der Waals surface area contributed by atoms with Gasteiger partial charge < -0.3 is 4.57 Å². The van der Waals surface area contributed by atoms with E-state index in [0.717, 1.165) is 90.0 Å². The summed E-state index contributed by atoms with van der Waals surface area (Å²) in [6.07, 6.45) is 0. The van der Waals surface area contributed by atoms with Crippen molar-refractivity contribution >= 4 is 43.9 Å². The average Bonchev–Trinajstić information content (AvgIpc) is 4.09. The highest BCUT2D eigenvalue weighted by atomic mass is 15.3. The molecule has 7 nitrogen and oxygen atoms in total. The van der Waals surface area contributed by atoms with Crippen LogP contribution in [0, 0.1) is 0 Å². The van der Waals surface area contributed by atoms with Crippen LogP contribution in [0.4, 0.5) is 0 Å². The summed E-state index contributed by atoms with van der Waals surface area (Å²) < 4.78 is 9.19. The van der Waals surface area contributed by atoms with Crippen LogP contribution in [0.5, 0.6) is 0 Å². The van der Waals surface area contributed by atoms with Gasteiger partial charge in [-0.3, -0.25) is 13.7 Å². The summed E-state index contributed by atoms with van der Waals surface area (Å²) in [5.41, 5.74) is 12.5. The average molecular weight is 770 g/mol. The highest BCUT2D eigenvalue weighted by Gasteiger charge is 2.25. The molecule has 0 radical (unpaired) electrons. The van der Waals surface area contributed by atoms with Crippen LogP contribution in [-0.2, 0) is 0 Å². The minimum atomic E-state index is 0.791. The fourth-order valence-corrected chi connectivity index (χ4v) is 8.85. The van der Waals surface area contributed by atoms with Crippen molar-refractivity contribution in [2.24, 2.45) is 0 Å². The largest absolute Gasteiger partial charge is 0.309 e. The molecule has 0 aliphatic rings. The quantitative estimate of drug-likeness (QED) is 0.162. The highest BCUT2D eigenvalue weighted by Crippen LogP contribution is 2.42. The molecule has 0 fully saturated rings. The van der Waals surface area contributed by atoms with Crippen molar-refractivity contribution in [3.05, 3.63) is 212 Å². The second kappa shape index (κ2) is 13.7. The number of para-hydroxylation sites is 3. The van der Waals surface area contributed by atoms with Crippen molar-refractivity contribution in [3.8, 4) is 56.9 Å². The Labute approximate surface area is 345 Å². The molecular formula is C53H35N7. The molecule has 0 atom stereocenters. The standard InChI is InChI=1S/C53H35N7/c1-6-18-36(19-7-1)50-54-53-49(59(50)40-26-14-5-15-27-40)45-34-44-43-28-16-17-29-46(43)57(47(44)35-48(45)58(53)39-24-12-4-13-25-39)41-30-32-42(33-31-41)60-51(37-20-8-2-9-21-37)55-56-52(60)38-22-10-3-11-23-38/h1-35H. The Kier molecular flexibility index (Phi) is 7.71. The van der Waals surface area contributed by atoms with E-state index in [2.05, 4.69) is 194 Å². The van der Waals surface area contributed by atoms with Crippen molar-refractivity contribution < 1.29 is 0 Å². The Balaban J connectivity index is 1.11. The van der Waals surface area contributed by atoms with Crippen LogP contribution in [0.3, 0.4) is 0 Å². The number of imidazole rings is 1. The van der Waals surface area contributed by atoms with Crippen LogP contribution in [-0.4, -0.2) is 33.4 Å². The number of rotatable bonds is 7. The van der Waals surface area contributed by atoms with Crippen molar-refractivity contribution in [3.63, 3.8) is 0 Å². The zero-order chi connectivity index (χ0) is 39.6. The second-order valence-corrected chi connectivity index (χ2v) is 15.0. The lowest BCUT2D eigenvalue weighted by Crippen LogP contribution is -2.01. The molecule has 0 amide bonds. The maximum atomic E-state index is 5.49. The van der Waals surface area contributed by atoms with Crippen LogP contribution in [0.15, 0.2) is 212 Å². The van der Waals surface area contributed by atoms with E-state index < -0.39 is 0 Å². The van der Waals surface area contributed by atoms with Gasteiger partial charge in [-0.1, -0.05) is 146 Å². The Morgan fingerprint density at radius 3 is 1.28 bits per heavy atom. The first-order valence-electron chi connectivity index (χ1n) is 20.1. The predicted octanol–water partition coefficient (Wildman–Crippen LogP) is 12.6. The third kappa shape index (κ3) is 5.26. The molecule has 4 aromatic heterocycles. The Bertz CT molecular complexity index is 3430. The fourth-order valence-electron chi connectivity index (χ4n) is 8.85. The molecule has 12 aromatic rings. The van der Waals surface area contributed by atoms with Gasteiger partial charge in [0.05, 0.1) is 16.6 Å². The van der Waals surface area contributed by atoms with E-state index in [1.165, 1.54) is 10.8 Å². The summed E-state index contributed by atoms with van der Waals surface area (Å²) in [5.74, 6) is 2.48. The summed E-state index contributed by atoms with van der Waals surface area (Å²) >= 11 is 0. The zero-order valence-corrected chi connectivity index (χ0v) is 32.3. The van der Waals surface area contributed by atoms with Crippen molar-refractivity contribution in [2.45, 2.75) is 0 Å². The SMILES string of the molecule is c1ccc(-c2nnc(-c3ccccc3)n2-c2ccc(-n3c4ccccc4c4cc5c6c(nc(-c7ccccc7)n6-c6ccccc6)n(-c6ccccc6)c5cc43)cc2)cc1. The van der Waals surface area contributed by atoms with Gasteiger partial charge in [-0.25, -0.2) is 4.98 Å². The molecule has 7 heteroatoms. The fraction of sp³-hybridized carbons (Fsp3) is 0. The molecular weight excluding hydrogens is 735 g/mol. The minimum absolute atomic E-state index is 0.791. The van der Waals surface area contributed by atoms with Crippen LogP contribution < -0.4 is 0 Å². The van der Waals surface area contributed by atoms with Crippen LogP contribution >= 0.6 is 0 Å². The lowest BCUT2D eigenvalue weighted by molar-refractivity contribution is 1.07. The lowest BCUT2D eigenvalue weighted by atomic mass is 10.1. The first-order chi connectivity index (χ1) is 29.8. The van der Waals surface area contributed by atoms with E-state index in [-0.39, 0.29) is 0 Å². The van der Waals surface area contributed by atoms with Crippen LogP contribution in [0.25, 0.3) is 101 Å². The summed E-state index contributed by atoms with van der Waals surface area (Å²) in [7, 11) is 0. The van der Waals surface area contributed by atoms with Crippen LogP contribution in [0.1, 0.15) is 0 Å². The van der Waals surface area contributed by atoms with Gasteiger partial charge in [-0.05, 0) is 66.7 Å². The predicted molar refractivity (Wildman–Crippen MR) is 243 cm³/mol. The molecule has 0 saturated carbocycles. The molecule has 282 valence electrons. The Morgan fingerprint density at radius 2 is 0.717 bits per heavy atom. The van der Waals surface area contributed by atoms with E-state index >= 15 is 0 Å². The van der Waals surface area contributed by atoms with Gasteiger partial charge in [0.2, 0.25) is 0 Å². The lowest BCUT2D eigenvalue weighted by Gasteiger charge is -2.14. The normalized spacial score (nSPS) is 11.7. The topological polar surface area (TPSA) is 58.4 Å². The first-order valence-corrected chi connectivity index (χ1v) is 20.1. The van der Waals surface area contributed by atoms with Gasteiger partial charge in [-0.15, -0.1) is 10.2 Å². The summed E-state index contributed by atoms with van der Waals surface area (Å²) in [6.45, 7) is 0. The van der Waals surface area contributed by atoms with Crippen molar-refractivity contribution in [1.29, 1.82) is 0 Å². The molecule has 0 saturated heterocycles. The van der Waals surface area contributed by atoms with Gasteiger partial charge in [0, 0.05) is 55.6 Å². The smallest absolute Gasteiger partial charge is 0.168 e. The number of hydrogen-bond acceptors (Lipinski definition) is 3. The highest BCUT2D eigenvalue weighted by molar-refractivity contribution is 6.18. The van der Waals surface area contributed by atoms with E-state index in [9.17, 15) is 0 Å². The number of benzene rings is 8. The number of hydrogen-bond donors (Lipinski definition) is 0. The van der Waals surface area contributed by atoms with E-state index in [1.54, 1.807) is 0 Å². The molecule has 0 unspecified atom stereocenters. The number of nitrogens with zero attached hydrogens (tertiary/aromatic N) is 7. The second-order valence-electron chi connectivity index (χ2n) is 15.0. The van der Waals surface area contributed by atoms with Gasteiger partial charge >= 0.3 is 0 Å². The monoisotopic (exact) mass is 769 g/mol. The third-order valence-electron chi connectivity index (χ3n) is 11.5. The minimum Gasteiger partial charge on any atom is -0.309 e. The molecule has 12 rings (SSSR count). The van der Waals surface area contributed by atoms with Crippen molar-refractivity contribution in [2.75, 3.05) is 0 Å². The molecule has 8 aromatic carbocycles. The summed E-state index contributed by atoms with van der Waals surface area (Å²) in [4.78, 5) is 5.49. The maximum Gasteiger partial charge on any atom is 0.168 e. The van der Waals surface area contributed by atoms with Gasteiger partial charge in [0.25, 0.3) is 0 Å². The Hall–Kier alpha value is -8.29. The third-order valence-corrected chi connectivity index (χ3v) is 11.5. The van der Waals surface area contributed by atoms with E-state index in [0.29, 0.717) is 0 Å². The molecule has 0 aliphatic carbocycles. The van der Waals surface area contributed by atoms with Gasteiger partial charge in [0.1, 0.15) is 11.3 Å². The molecule has 60 heavy (non-hydrogen) atoms. The van der Waals surface area contributed by atoms with E-state index in [4.69, 9.17) is 15.2 Å². The van der Waals surface area contributed by atoms with Gasteiger partial charge in [0.15, 0.2) is 17.3 Å². The van der Waals surface area contributed by atoms with Gasteiger partial charge in [-0.2, -0.15) is 0 Å². The molecule has 0 spiro atoms. The molecule has 0 N–H and O–H groups in total.